The fourth-order valence-corrected chi connectivity index (χ4v) is 8.16. The second-order valence-corrected chi connectivity index (χ2v) is 14.1. The van der Waals surface area contributed by atoms with E-state index in [9.17, 15) is 0 Å². The largest absolute Gasteiger partial charge is 0.309 e. The van der Waals surface area contributed by atoms with Crippen LogP contribution in [0.4, 0.5) is 17.1 Å². The van der Waals surface area contributed by atoms with Gasteiger partial charge in [-0.25, -0.2) is 0 Å². The number of nitrogens with zero attached hydrogens (tertiary/aromatic N) is 1. The molecule has 10 rings (SSSR count). The van der Waals surface area contributed by atoms with E-state index in [-0.39, 0.29) is 0 Å². The fourth-order valence-electron chi connectivity index (χ4n) is 8.16. The highest BCUT2D eigenvalue weighted by atomic mass is 15.1. The highest BCUT2D eigenvalue weighted by molar-refractivity contribution is 6.15. The van der Waals surface area contributed by atoms with Crippen LogP contribution in [0.3, 0.4) is 0 Å². The summed E-state index contributed by atoms with van der Waals surface area (Å²) in [5, 5.41) is 7.47. The first-order chi connectivity index (χ1) is 27.3. The van der Waals surface area contributed by atoms with Crippen molar-refractivity contribution in [1.29, 1.82) is 0 Å². The highest BCUT2D eigenvalue weighted by Crippen LogP contribution is 2.47. The molecule has 0 aliphatic carbocycles. The standard InChI is InChI=1S/C54H37N/c1-2-15-38(16-3-1)42-20-14-21-43(35-42)40-31-33-46(34-32-40)55(53-27-12-10-23-48(53)45-30-29-39-17-4-5-18-41(39)36-45)54-28-13-11-26-51(54)52-37-44-19-6-7-22-47(44)49-24-8-9-25-50(49)52/h1-37H. The molecule has 10 aromatic carbocycles. The third-order valence-corrected chi connectivity index (χ3v) is 10.8. The molecule has 0 aliphatic rings. The van der Waals surface area contributed by atoms with E-state index in [4.69, 9.17) is 0 Å². The summed E-state index contributed by atoms with van der Waals surface area (Å²) in [4.78, 5) is 2.45. The molecule has 0 radical (unpaired) electrons. The van der Waals surface area contributed by atoms with Gasteiger partial charge in [-0.2, -0.15) is 0 Å². The summed E-state index contributed by atoms with van der Waals surface area (Å²) < 4.78 is 0. The Balaban J connectivity index is 1.18. The van der Waals surface area contributed by atoms with Crippen LogP contribution in [-0.2, 0) is 0 Å². The van der Waals surface area contributed by atoms with Crippen LogP contribution in [0.1, 0.15) is 0 Å². The van der Waals surface area contributed by atoms with Crippen molar-refractivity contribution in [2.45, 2.75) is 0 Å². The molecule has 0 amide bonds. The molecule has 0 heterocycles. The summed E-state index contributed by atoms with van der Waals surface area (Å²) in [7, 11) is 0. The second kappa shape index (κ2) is 14.0. The molecule has 55 heavy (non-hydrogen) atoms. The molecular weight excluding hydrogens is 663 g/mol. The lowest BCUT2D eigenvalue weighted by Crippen LogP contribution is -2.12. The van der Waals surface area contributed by atoms with Gasteiger partial charge in [0.25, 0.3) is 0 Å². The van der Waals surface area contributed by atoms with Gasteiger partial charge in [0.2, 0.25) is 0 Å². The van der Waals surface area contributed by atoms with Crippen LogP contribution in [0.15, 0.2) is 224 Å². The summed E-state index contributed by atoms with van der Waals surface area (Å²) in [6, 6.07) is 81.5. The van der Waals surface area contributed by atoms with Crippen molar-refractivity contribution in [3.63, 3.8) is 0 Å². The van der Waals surface area contributed by atoms with Crippen molar-refractivity contribution < 1.29 is 0 Å². The minimum absolute atomic E-state index is 1.09. The SMILES string of the molecule is c1ccc(-c2cccc(-c3ccc(N(c4ccccc4-c4ccc5ccccc5c4)c4ccccc4-c4cc5ccccc5c5ccccc45)cc3)c2)cc1. The Morgan fingerprint density at radius 1 is 0.236 bits per heavy atom. The van der Waals surface area contributed by atoms with Gasteiger partial charge in [-0.1, -0.05) is 182 Å². The second-order valence-electron chi connectivity index (χ2n) is 14.1. The number of rotatable bonds is 7. The number of fused-ring (bicyclic) bond motifs is 4. The van der Waals surface area contributed by atoms with Gasteiger partial charge in [0.05, 0.1) is 11.4 Å². The normalized spacial score (nSPS) is 11.3. The van der Waals surface area contributed by atoms with E-state index in [1.165, 1.54) is 76.8 Å². The Labute approximate surface area is 322 Å². The van der Waals surface area contributed by atoms with Crippen molar-refractivity contribution in [2.75, 3.05) is 4.90 Å². The molecule has 0 unspecified atom stereocenters. The van der Waals surface area contributed by atoms with Gasteiger partial charge in [-0.3, -0.25) is 0 Å². The predicted molar refractivity (Wildman–Crippen MR) is 235 cm³/mol. The number of hydrogen-bond donors (Lipinski definition) is 0. The van der Waals surface area contributed by atoms with E-state index >= 15 is 0 Å². The summed E-state index contributed by atoms with van der Waals surface area (Å²) in [5.74, 6) is 0. The zero-order chi connectivity index (χ0) is 36.6. The molecule has 0 bridgehead atoms. The van der Waals surface area contributed by atoms with E-state index in [1.807, 2.05) is 0 Å². The van der Waals surface area contributed by atoms with Gasteiger partial charge in [-0.05, 0) is 108 Å². The van der Waals surface area contributed by atoms with Crippen LogP contribution in [0.2, 0.25) is 0 Å². The molecule has 0 aromatic heterocycles. The number of para-hydroxylation sites is 2. The Hall–Kier alpha value is -7.22. The van der Waals surface area contributed by atoms with Crippen LogP contribution < -0.4 is 4.90 Å². The molecular formula is C54H37N. The van der Waals surface area contributed by atoms with E-state index < -0.39 is 0 Å². The lowest BCUT2D eigenvalue weighted by Gasteiger charge is -2.30. The molecule has 0 N–H and O–H groups in total. The first-order valence-corrected chi connectivity index (χ1v) is 18.9. The smallest absolute Gasteiger partial charge is 0.0540 e. The molecule has 0 saturated heterocycles. The maximum Gasteiger partial charge on any atom is 0.0540 e. The molecule has 0 saturated carbocycles. The molecule has 0 aliphatic heterocycles. The minimum atomic E-state index is 1.09. The van der Waals surface area contributed by atoms with E-state index in [0.29, 0.717) is 0 Å². The molecule has 1 heteroatoms. The van der Waals surface area contributed by atoms with Crippen molar-refractivity contribution in [3.05, 3.63) is 224 Å². The maximum atomic E-state index is 2.45. The average molecular weight is 700 g/mol. The third-order valence-electron chi connectivity index (χ3n) is 10.8. The van der Waals surface area contributed by atoms with E-state index in [2.05, 4.69) is 229 Å². The number of hydrogen-bond acceptors (Lipinski definition) is 1. The Bertz CT molecular complexity index is 2980. The minimum Gasteiger partial charge on any atom is -0.309 e. The number of anilines is 3. The average Bonchev–Trinajstić information content (AvgIpc) is 3.27. The molecule has 0 fully saturated rings. The summed E-state index contributed by atoms with van der Waals surface area (Å²) >= 11 is 0. The van der Waals surface area contributed by atoms with Gasteiger partial charge in [-0.15, -0.1) is 0 Å². The first kappa shape index (κ1) is 32.4. The monoisotopic (exact) mass is 699 g/mol. The zero-order valence-electron chi connectivity index (χ0n) is 30.3. The zero-order valence-corrected chi connectivity index (χ0v) is 30.3. The van der Waals surface area contributed by atoms with Gasteiger partial charge in [0.15, 0.2) is 0 Å². The van der Waals surface area contributed by atoms with Gasteiger partial charge < -0.3 is 4.90 Å². The van der Waals surface area contributed by atoms with Gasteiger partial charge in [0, 0.05) is 16.8 Å². The van der Waals surface area contributed by atoms with Gasteiger partial charge in [0.1, 0.15) is 0 Å². The topological polar surface area (TPSA) is 3.24 Å². The fraction of sp³-hybridized carbons (Fsp3) is 0. The molecule has 0 spiro atoms. The third kappa shape index (κ3) is 6.02. The quantitative estimate of drug-likeness (QED) is 0.150. The maximum absolute atomic E-state index is 2.45. The Kier molecular flexibility index (Phi) is 8.24. The number of benzene rings is 10. The molecule has 258 valence electrons. The van der Waals surface area contributed by atoms with Crippen molar-refractivity contribution in [3.8, 4) is 44.5 Å². The van der Waals surface area contributed by atoms with Crippen LogP contribution in [0.25, 0.3) is 76.8 Å². The Morgan fingerprint density at radius 3 is 1.53 bits per heavy atom. The lowest BCUT2D eigenvalue weighted by atomic mass is 9.91. The lowest BCUT2D eigenvalue weighted by molar-refractivity contribution is 1.28. The van der Waals surface area contributed by atoms with Gasteiger partial charge >= 0.3 is 0 Å². The van der Waals surface area contributed by atoms with Crippen molar-refractivity contribution in [2.24, 2.45) is 0 Å². The predicted octanol–water partition coefficient (Wildman–Crippen LogP) is 15.3. The summed E-state index contributed by atoms with van der Waals surface area (Å²) in [5.41, 5.74) is 12.9. The van der Waals surface area contributed by atoms with Crippen LogP contribution in [-0.4, -0.2) is 0 Å². The molecule has 0 atom stereocenters. The van der Waals surface area contributed by atoms with E-state index in [1.54, 1.807) is 0 Å². The Morgan fingerprint density at radius 2 is 0.764 bits per heavy atom. The van der Waals surface area contributed by atoms with Crippen molar-refractivity contribution in [1.82, 2.24) is 0 Å². The highest BCUT2D eigenvalue weighted by Gasteiger charge is 2.22. The van der Waals surface area contributed by atoms with Crippen LogP contribution in [0, 0.1) is 0 Å². The molecule has 10 aromatic rings. The van der Waals surface area contributed by atoms with Crippen LogP contribution in [0.5, 0.6) is 0 Å². The summed E-state index contributed by atoms with van der Waals surface area (Å²) in [6.07, 6.45) is 0. The van der Waals surface area contributed by atoms with Crippen molar-refractivity contribution >= 4 is 49.4 Å². The summed E-state index contributed by atoms with van der Waals surface area (Å²) in [6.45, 7) is 0. The first-order valence-electron chi connectivity index (χ1n) is 18.9. The van der Waals surface area contributed by atoms with E-state index in [0.717, 1.165) is 17.1 Å². The van der Waals surface area contributed by atoms with Crippen LogP contribution >= 0.6 is 0 Å². The molecule has 1 nitrogen and oxygen atoms in total.